The van der Waals surface area contributed by atoms with E-state index >= 15 is 0 Å². The first-order chi connectivity index (χ1) is 9.74. The normalized spacial score (nSPS) is 11.3. The summed E-state index contributed by atoms with van der Waals surface area (Å²) in [5.74, 6) is 1.26. The number of rotatable bonds is 4. The highest BCUT2D eigenvalue weighted by molar-refractivity contribution is 6.16. The van der Waals surface area contributed by atoms with Crippen LogP contribution in [0.25, 0.3) is 11.2 Å². The van der Waals surface area contributed by atoms with Crippen molar-refractivity contribution in [3.63, 3.8) is 0 Å². The molecule has 6 heteroatoms. The zero-order valence-electron chi connectivity index (χ0n) is 11.5. The zero-order valence-corrected chi connectivity index (χ0v) is 12.3. The highest BCUT2D eigenvalue weighted by atomic mass is 35.5. The number of aryl methyl sites for hydroxylation is 2. The van der Waals surface area contributed by atoms with Crippen molar-refractivity contribution >= 4 is 22.8 Å². The molecule has 0 saturated heterocycles. The molecule has 3 rings (SSSR count). The molecule has 0 amide bonds. The number of alkyl halides is 1. The van der Waals surface area contributed by atoms with Crippen molar-refractivity contribution in [1.82, 2.24) is 24.3 Å². The van der Waals surface area contributed by atoms with Crippen LogP contribution in [0.5, 0.6) is 0 Å². The van der Waals surface area contributed by atoms with Crippen LogP contribution in [0.4, 0.5) is 0 Å². The lowest BCUT2D eigenvalue weighted by Gasteiger charge is -2.07. The van der Waals surface area contributed by atoms with Crippen molar-refractivity contribution in [2.24, 2.45) is 7.05 Å². The maximum absolute atomic E-state index is 6.05. The van der Waals surface area contributed by atoms with E-state index in [4.69, 9.17) is 11.6 Å². The van der Waals surface area contributed by atoms with Crippen LogP contribution in [0.2, 0.25) is 0 Å². The minimum Gasteiger partial charge on any atom is -0.307 e. The molecule has 0 bridgehead atoms. The minimum atomic E-state index is 0.387. The van der Waals surface area contributed by atoms with Crippen LogP contribution in [-0.2, 0) is 25.9 Å². The van der Waals surface area contributed by atoms with Crippen LogP contribution in [-0.4, -0.2) is 24.3 Å². The number of hydrogen-bond acceptors (Lipinski definition) is 3. The van der Waals surface area contributed by atoms with Crippen LogP contribution in [0.3, 0.4) is 0 Å². The van der Waals surface area contributed by atoms with Crippen LogP contribution in [0, 0.1) is 0 Å². The average molecular weight is 290 g/mol. The summed E-state index contributed by atoms with van der Waals surface area (Å²) in [4.78, 5) is 8.80. The topological polar surface area (TPSA) is 48.5 Å². The molecule has 0 spiro atoms. The van der Waals surface area contributed by atoms with Gasteiger partial charge in [-0.1, -0.05) is 13.0 Å². The Morgan fingerprint density at radius 2 is 2.20 bits per heavy atom. The Balaban J connectivity index is 2.15. The van der Waals surface area contributed by atoms with Gasteiger partial charge in [-0.15, -0.1) is 11.6 Å². The molecular weight excluding hydrogens is 274 g/mol. The van der Waals surface area contributed by atoms with Gasteiger partial charge in [0.1, 0.15) is 11.3 Å². The van der Waals surface area contributed by atoms with Crippen molar-refractivity contribution in [2.75, 3.05) is 0 Å². The predicted octanol–water partition coefficient (Wildman–Crippen LogP) is 2.51. The SMILES string of the molecule is CCc1nn(C)c2c1nc(CCl)n2Cc1cccnc1. The van der Waals surface area contributed by atoms with E-state index in [9.17, 15) is 0 Å². The Bertz CT molecular complexity index is 729. The first-order valence-electron chi connectivity index (χ1n) is 6.60. The zero-order chi connectivity index (χ0) is 14.1. The molecule has 3 aromatic heterocycles. The van der Waals surface area contributed by atoms with Gasteiger partial charge in [0, 0.05) is 19.4 Å². The van der Waals surface area contributed by atoms with E-state index in [1.165, 1.54) is 0 Å². The molecule has 0 aliphatic carbocycles. The van der Waals surface area contributed by atoms with Gasteiger partial charge in [-0.3, -0.25) is 9.67 Å². The van der Waals surface area contributed by atoms with Gasteiger partial charge >= 0.3 is 0 Å². The Kier molecular flexibility index (Phi) is 3.44. The lowest BCUT2D eigenvalue weighted by atomic mass is 10.3. The number of imidazole rings is 1. The van der Waals surface area contributed by atoms with Gasteiger partial charge in [-0.05, 0) is 18.1 Å². The molecule has 0 saturated carbocycles. The van der Waals surface area contributed by atoms with Gasteiger partial charge in [0.25, 0.3) is 0 Å². The largest absolute Gasteiger partial charge is 0.307 e. The van der Waals surface area contributed by atoms with Crippen LogP contribution in [0.15, 0.2) is 24.5 Å². The van der Waals surface area contributed by atoms with E-state index in [2.05, 4.69) is 26.6 Å². The Morgan fingerprint density at radius 1 is 1.35 bits per heavy atom. The molecule has 3 heterocycles. The van der Waals surface area contributed by atoms with Gasteiger partial charge in [-0.2, -0.15) is 5.10 Å². The summed E-state index contributed by atoms with van der Waals surface area (Å²) >= 11 is 6.05. The van der Waals surface area contributed by atoms with Gasteiger partial charge in [0.05, 0.1) is 18.1 Å². The molecule has 3 aromatic rings. The molecule has 0 atom stereocenters. The highest BCUT2D eigenvalue weighted by Gasteiger charge is 2.18. The van der Waals surface area contributed by atoms with E-state index in [1.54, 1.807) is 6.20 Å². The molecule has 0 fully saturated rings. The van der Waals surface area contributed by atoms with Gasteiger partial charge in [0.2, 0.25) is 0 Å². The lowest BCUT2D eigenvalue weighted by Crippen LogP contribution is -2.07. The number of hydrogen-bond donors (Lipinski definition) is 0. The quantitative estimate of drug-likeness (QED) is 0.694. The van der Waals surface area contributed by atoms with Gasteiger partial charge < -0.3 is 4.57 Å². The third-order valence-electron chi connectivity index (χ3n) is 3.39. The summed E-state index contributed by atoms with van der Waals surface area (Å²) < 4.78 is 4.00. The molecule has 0 aromatic carbocycles. The second kappa shape index (κ2) is 5.25. The maximum atomic E-state index is 6.05. The van der Waals surface area contributed by atoms with E-state index in [-0.39, 0.29) is 0 Å². The first kappa shape index (κ1) is 13.1. The molecule has 0 aliphatic heterocycles. The lowest BCUT2D eigenvalue weighted by molar-refractivity contribution is 0.697. The summed E-state index contributed by atoms with van der Waals surface area (Å²) in [5, 5.41) is 4.52. The summed E-state index contributed by atoms with van der Waals surface area (Å²) in [6.07, 6.45) is 4.50. The predicted molar refractivity (Wildman–Crippen MR) is 78.8 cm³/mol. The van der Waals surface area contributed by atoms with Crippen molar-refractivity contribution < 1.29 is 0 Å². The summed E-state index contributed by atoms with van der Waals surface area (Å²) in [7, 11) is 1.95. The standard InChI is InChI=1S/C14H16ClN5/c1-3-11-13-14(19(2)18-11)20(12(7-15)17-13)9-10-5-4-6-16-8-10/h4-6,8H,3,7,9H2,1-2H3. The third-order valence-corrected chi connectivity index (χ3v) is 3.63. The van der Waals surface area contributed by atoms with Crippen molar-refractivity contribution in [1.29, 1.82) is 0 Å². The fourth-order valence-electron chi connectivity index (χ4n) is 2.47. The average Bonchev–Trinajstić information content (AvgIpc) is 2.98. The fraction of sp³-hybridized carbons (Fsp3) is 0.357. The number of aromatic nitrogens is 5. The Hall–Kier alpha value is -1.88. The van der Waals surface area contributed by atoms with E-state index < -0.39 is 0 Å². The second-order valence-corrected chi connectivity index (χ2v) is 4.97. The molecule has 0 unspecified atom stereocenters. The summed E-state index contributed by atoms with van der Waals surface area (Å²) in [6.45, 7) is 2.79. The molecule has 0 radical (unpaired) electrons. The second-order valence-electron chi connectivity index (χ2n) is 4.71. The fourth-order valence-corrected chi connectivity index (χ4v) is 2.67. The summed E-state index contributed by atoms with van der Waals surface area (Å²) in [5.41, 5.74) is 4.10. The molecule has 0 aliphatic rings. The van der Waals surface area contributed by atoms with Crippen molar-refractivity contribution in [3.8, 4) is 0 Å². The minimum absolute atomic E-state index is 0.387. The third kappa shape index (κ3) is 2.08. The molecule has 20 heavy (non-hydrogen) atoms. The van der Waals surface area contributed by atoms with Crippen LogP contribution < -0.4 is 0 Å². The van der Waals surface area contributed by atoms with E-state index in [0.717, 1.165) is 34.7 Å². The highest BCUT2D eigenvalue weighted by Crippen LogP contribution is 2.22. The molecular formula is C14H16ClN5. The first-order valence-corrected chi connectivity index (χ1v) is 7.14. The number of pyridine rings is 1. The van der Waals surface area contributed by atoms with E-state index in [1.807, 2.05) is 30.1 Å². The van der Waals surface area contributed by atoms with Crippen molar-refractivity contribution in [3.05, 3.63) is 41.6 Å². The number of halogens is 1. The maximum Gasteiger partial charge on any atom is 0.159 e. The van der Waals surface area contributed by atoms with Crippen molar-refractivity contribution in [2.45, 2.75) is 25.8 Å². The van der Waals surface area contributed by atoms with Gasteiger partial charge in [0.15, 0.2) is 5.65 Å². The number of nitrogens with zero attached hydrogens (tertiary/aromatic N) is 5. The number of fused-ring (bicyclic) bond motifs is 1. The summed E-state index contributed by atoms with van der Waals surface area (Å²) in [6, 6.07) is 3.98. The molecule has 5 nitrogen and oxygen atoms in total. The Morgan fingerprint density at radius 3 is 2.85 bits per heavy atom. The van der Waals surface area contributed by atoms with Gasteiger partial charge in [-0.25, -0.2) is 4.98 Å². The van der Waals surface area contributed by atoms with E-state index in [0.29, 0.717) is 12.4 Å². The smallest absolute Gasteiger partial charge is 0.159 e. The monoisotopic (exact) mass is 289 g/mol. The van der Waals surface area contributed by atoms with Crippen LogP contribution >= 0.6 is 11.6 Å². The van der Waals surface area contributed by atoms with Crippen LogP contribution in [0.1, 0.15) is 24.0 Å². The molecule has 0 N–H and O–H groups in total. The Labute approximate surface area is 122 Å². The molecule has 104 valence electrons.